The summed E-state index contributed by atoms with van der Waals surface area (Å²) in [6, 6.07) is 6.72. The summed E-state index contributed by atoms with van der Waals surface area (Å²) in [7, 11) is 4.28. The van der Waals surface area contributed by atoms with Crippen LogP contribution in [0.3, 0.4) is 0 Å². The number of nitro benzene ring substituents is 1. The molecular formula is C12H18N3O2+. The SMILES string of the molecule is CN(CC[N+]1(C)CC1)c1ccc([N+](=O)[O-])cc1. The molecule has 0 spiro atoms. The lowest BCUT2D eigenvalue weighted by Gasteiger charge is -2.21. The number of anilines is 1. The first-order chi connectivity index (χ1) is 8.00. The van der Waals surface area contributed by atoms with Crippen LogP contribution in [0.25, 0.3) is 0 Å². The highest BCUT2D eigenvalue weighted by Crippen LogP contribution is 2.20. The van der Waals surface area contributed by atoms with Crippen LogP contribution < -0.4 is 4.90 Å². The fourth-order valence-corrected chi connectivity index (χ4v) is 1.74. The van der Waals surface area contributed by atoms with E-state index in [1.807, 2.05) is 7.05 Å². The zero-order chi connectivity index (χ0) is 12.5. The quantitative estimate of drug-likeness (QED) is 0.337. The van der Waals surface area contributed by atoms with Gasteiger partial charge in [-0.2, -0.15) is 0 Å². The highest BCUT2D eigenvalue weighted by Gasteiger charge is 2.36. The Labute approximate surface area is 101 Å². The fraction of sp³-hybridized carbons (Fsp3) is 0.500. The van der Waals surface area contributed by atoms with Crippen LogP contribution >= 0.6 is 0 Å². The summed E-state index contributed by atoms with van der Waals surface area (Å²) >= 11 is 0. The normalized spacial score (nSPS) is 16.6. The van der Waals surface area contributed by atoms with Crippen LogP contribution in [-0.4, -0.2) is 49.7 Å². The second-order valence-electron chi connectivity index (χ2n) is 4.99. The van der Waals surface area contributed by atoms with E-state index in [0.29, 0.717) is 0 Å². The minimum absolute atomic E-state index is 0.145. The molecule has 1 saturated heterocycles. The topological polar surface area (TPSA) is 46.4 Å². The summed E-state index contributed by atoms with van der Waals surface area (Å²) in [5, 5.41) is 10.5. The number of rotatable bonds is 5. The fourth-order valence-electron chi connectivity index (χ4n) is 1.74. The molecule has 92 valence electrons. The van der Waals surface area contributed by atoms with Crippen molar-refractivity contribution in [2.75, 3.05) is 45.2 Å². The molecule has 1 aliphatic heterocycles. The van der Waals surface area contributed by atoms with E-state index in [2.05, 4.69) is 11.9 Å². The molecule has 0 saturated carbocycles. The Kier molecular flexibility index (Phi) is 3.02. The lowest BCUT2D eigenvalue weighted by molar-refractivity contribution is -0.775. The highest BCUT2D eigenvalue weighted by atomic mass is 16.6. The maximum atomic E-state index is 10.5. The number of quaternary nitrogens is 1. The van der Waals surface area contributed by atoms with Crippen molar-refractivity contribution in [3.8, 4) is 0 Å². The molecule has 0 bridgehead atoms. The number of nitro groups is 1. The van der Waals surface area contributed by atoms with Gasteiger partial charge >= 0.3 is 0 Å². The molecule has 0 N–H and O–H groups in total. The summed E-state index contributed by atoms with van der Waals surface area (Å²) < 4.78 is 1.15. The number of hydrogen-bond acceptors (Lipinski definition) is 3. The molecule has 17 heavy (non-hydrogen) atoms. The van der Waals surface area contributed by atoms with Crippen LogP contribution in [-0.2, 0) is 0 Å². The van der Waals surface area contributed by atoms with Crippen LogP contribution in [0, 0.1) is 10.1 Å². The first kappa shape index (κ1) is 11.9. The van der Waals surface area contributed by atoms with Crippen LogP contribution in [0.4, 0.5) is 11.4 Å². The number of benzene rings is 1. The predicted octanol–water partition coefficient (Wildman–Crippen LogP) is 1.49. The molecule has 0 aliphatic carbocycles. The van der Waals surface area contributed by atoms with Gasteiger partial charge in [-0.1, -0.05) is 0 Å². The summed E-state index contributed by atoms with van der Waals surface area (Å²) in [6.07, 6.45) is 0. The van der Waals surface area contributed by atoms with Gasteiger partial charge in [-0.25, -0.2) is 0 Å². The Morgan fingerprint density at radius 3 is 2.41 bits per heavy atom. The molecule has 1 aromatic carbocycles. The summed E-state index contributed by atoms with van der Waals surface area (Å²) in [5.41, 5.74) is 1.18. The first-order valence-electron chi connectivity index (χ1n) is 5.79. The van der Waals surface area contributed by atoms with E-state index in [1.165, 1.54) is 13.1 Å². The lowest BCUT2D eigenvalue weighted by atomic mass is 10.2. The summed E-state index contributed by atoms with van der Waals surface area (Å²) in [4.78, 5) is 12.3. The monoisotopic (exact) mass is 236 g/mol. The molecule has 1 aliphatic rings. The lowest BCUT2D eigenvalue weighted by Crippen LogP contribution is -2.32. The largest absolute Gasteiger partial charge is 0.369 e. The second kappa shape index (κ2) is 4.33. The number of non-ortho nitro benzene ring substituents is 1. The smallest absolute Gasteiger partial charge is 0.269 e. The van der Waals surface area contributed by atoms with Gasteiger partial charge in [0, 0.05) is 24.9 Å². The molecule has 0 unspecified atom stereocenters. The Bertz CT molecular complexity index is 412. The average molecular weight is 236 g/mol. The van der Waals surface area contributed by atoms with Gasteiger partial charge in [0.1, 0.15) is 13.1 Å². The molecule has 0 radical (unpaired) electrons. The van der Waals surface area contributed by atoms with Gasteiger partial charge in [0.2, 0.25) is 0 Å². The predicted molar refractivity (Wildman–Crippen MR) is 67.2 cm³/mol. The maximum absolute atomic E-state index is 10.5. The van der Waals surface area contributed by atoms with Crippen LogP contribution in [0.15, 0.2) is 24.3 Å². The molecule has 5 heteroatoms. The molecule has 0 aromatic heterocycles. The standard InChI is InChI=1S/C12H18N3O2/c1-13(7-8-15(2)9-10-15)11-3-5-12(6-4-11)14(16)17/h3-6H,7-10H2,1-2H3/q+1. The van der Waals surface area contributed by atoms with E-state index in [4.69, 9.17) is 0 Å². The summed E-state index contributed by atoms with van der Waals surface area (Å²) in [5.74, 6) is 0. The van der Waals surface area contributed by atoms with Crippen LogP contribution in [0.2, 0.25) is 0 Å². The molecule has 1 aromatic rings. The Hall–Kier alpha value is -1.62. The second-order valence-corrected chi connectivity index (χ2v) is 4.99. The third-order valence-electron chi connectivity index (χ3n) is 3.46. The number of nitrogens with zero attached hydrogens (tertiary/aromatic N) is 3. The third-order valence-corrected chi connectivity index (χ3v) is 3.46. The Balaban J connectivity index is 1.94. The van der Waals surface area contributed by atoms with E-state index in [9.17, 15) is 10.1 Å². The van der Waals surface area contributed by atoms with Crippen molar-refractivity contribution in [3.63, 3.8) is 0 Å². The van der Waals surface area contributed by atoms with Gasteiger partial charge in [-0.05, 0) is 12.1 Å². The molecule has 1 fully saturated rings. The number of hydrogen-bond donors (Lipinski definition) is 0. The van der Waals surface area contributed by atoms with Crippen molar-refractivity contribution in [1.82, 2.24) is 0 Å². The van der Waals surface area contributed by atoms with Gasteiger partial charge in [-0.15, -0.1) is 0 Å². The van der Waals surface area contributed by atoms with Gasteiger partial charge < -0.3 is 9.38 Å². The Morgan fingerprint density at radius 2 is 1.94 bits per heavy atom. The molecular weight excluding hydrogens is 218 g/mol. The van der Waals surface area contributed by atoms with Gasteiger partial charge in [-0.3, -0.25) is 10.1 Å². The van der Waals surface area contributed by atoms with Crippen molar-refractivity contribution in [3.05, 3.63) is 34.4 Å². The van der Waals surface area contributed by atoms with Crippen LogP contribution in [0.1, 0.15) is 0 Å². The van der Waals surface area contributed by atoms with Gasteiger partial charge in [0.05, 0.1) is 25.1 Å². The van der Waals surface area contributed by atoms with E-state index in [-0.39, 0.29) is 10.6 Å². The first-order valence-corrected chi connectivity index (χ1v) is 5.79. The van der Waals surface area contributed by atoms with Crippen molar-refractivity contribution in [2.24, 2.45) is 0 Å². The molecule has 0 atom stereocenters. The minimum Gasteiger partial charge on any atom is -0.369 e. The zero-order valence-electron chi connectivity index (χ0n) is 10.3. The van der Waals surface area contributed by atoms with Crippen molar-refractivity contribution in [2.45, 2.75) is 0 Å². The third kappa shape index (κ3) is 2.94. The summed E-state index contributed by atoms with van der Waals surface area (Å²) in [6.45, 7) is 4.66. The van der Waals surface area contributed by atoms with Crippen molar-refractivity contribution in [1.29, 1.82) is 0 Å². The van der Waals surface area contributed by atoms with E-state index in [0.717, 1.165) is 23.3 Å². The number of likely N-dealkylation sites (N-methyl/N-ethyl adjacent to an activating group) is 2. The highest BCUT2D eigenvalue weighted by molar-refractivity contribution is 5.50. The molecule has 0 amide bonds. The minimum atomic E-state index is -0.369. The molecule has 2 rings (SSSR count). The van der Waals surface area contributed by atoms with E-state index < -0.39 is 0 Å². The van der Waals surface area contributed by atoms with Crippen LogP contribution in [0.5, 0.6) is 0 Å². The van der Waals surface area contributed by atoms with Crippen molar-refractivity contribution >= 4 is 11.4 Å². The Morgan fingerprint density at radius 1 is 1.35 bits per heavy atom. The van der Waals surface area contributed by atoms with E-state index >= 15 is 0 Å². The molecule has 1 heterocycles. The average Bonchev–Trinajstić information content (AvgIpc) is 3.05. The van der Waals surface area contributed by atoms with E-state index in [1.54, 1.807) is 24.3 Å². The van der Waals surface area contributed by atoms with Crippen molar-refractivity contribution < 1.29 is 9.41 Å². The zero-order valence-corrected chi connectivity index (χ0v) is 10.3. The van der Waals surface area contributed by atoms with Gasteiger partial charge in [0.15, 0.2) is 0 Å². The van der Waals surface area contributed by atoms with Gasteiger partial charge in [0.25, 0.3) is 5.69 Å². The molecule has 5 nitrogen and oxygen atoms in total. The maximum Gasteiger partial charge on any atom is 0.269 e.